The highest BCUT2D eigenvalue weighted by Crippen LogP contribution is 2.35. The van der Waals surface area contributed by atoms with Gasteiger partial charge in [0, 0.05) is 45.7 Å². The maximum atomic E-state index is 13.1. The number of oxazole rings is 1. The molecule has 1 saturated carbocycles. The molecule has 4 rings (SSSR count). The molecule has 1 saturated heterocycles. The van der Waals surface area contributed by atoms with Gasteiger partial charge in [0.15, 0.2) is 5.89 Å². The minimum absolute atomic E-state index is 0.173. The van der Waals surface area contributed by atoms with Crippen molar-refractivity contribution in [3.05, 3.63) is 47.5 Å². The third-order valence-corrected chi connectivity index (χ3v) is 6.19. The molecule has 1 amide bonds. The number of anilines is 1. The predicted octanol–water partition coefficient (Wildman–Crippen LogP) is 2.80. The van der Waals surface area contributed by atoms with Crippen LogP contribution in [0.25, 0.3) is 0 Å². The van der Waals surface area contributed by atoms with Crippen LogP contribution >= 0.6 is 0 Å². The molecule has 0 bridgehead atoms. The van der Waals surface area contributed by atoms with Crippen molar-refractivity contribution >= 4 is 11.8 Å². The minimum atomic E-state index is 0.173. The molecule has 2 fully saturated rings. The smallest absolute Gasteiger partial charge is 0.236 e. The number of rotatable bonds is 7. The van der Waals surface area contributed by atoms with Crippen LogP contribution in [0, 0.1) is 24.2 Å². The van der Waals surface area contributed by atoms with Gasteiger partial charge in [-0.25, -0.2) is 4.98 Å². The number of hydrogen-bond donors (Lipinski definition) is 0. The maximum absolute atomic E-state index is 13.1. The Bertz CT molecular complexity index is 907. The van der Waals surface area contributed by atoms with E-state index in [-0.39, 0.29) is 5.91 Å². The van der Waals surface area contributed by atoms with Crippen molar-refractivity contribution in [2.75, 3.05) is 37.6 Å². The summed E-state index contributed by atoms with van der Waals surface area (Å²) in [5.41, 5.74) is 1.56. The van der Waals surface area contributed by atoms with Gasteiger partial charge in [-0.2, -0.15) is 5.26 Å². The van der Waals surface area contributed by atoms with Crippen LogP contribution < -0.4 is 4.90 Å². The molecule has 7 nitrogen and oxygen atoms in total. The summed E-state index contributed by atoms with van der Waals surface area (Å²) in [6.45, 7) is 7.77. The van der Waals surface area contributed by atoms with Crippen LogP contribution in [0.4, 0.5) is 5.88 Å². The largest absolute Gasteiger partial charge is 0.424 e. The number of benzene rings is 1. The van der Waals surface area contributed by atoms with E-state index in [0.29, 0.717) is 62.2 Å². The molecule has 158 valence electrons. The maximum Gasteiger partial charge on any atom is 0.236 e. The van der Waals surface area contributed by atoms with E-state index >= 15 is 0 Å². The molecule has 0 radical (unpaired) electrons. The van der Waals surface area contributed by atoms with Crippen LogP contribution in [0.1, 0.15) is 36.9 Å². The van der Waals surface area contributed by atoms with E-state index in [1.807, 2.05) is 15.9 Å². The first-order chi connectivity index (χ1) is 14.5. The average molecular weight is 408 g/mol. The summed E-state index contributed by atoms with van der Waals surface area (Å²) in [6.07, 6.45) is 2.52. The molecule has 30 heavy (non-hydrogen) atoms. The third kappa shape index (κ3) is 4.65. The third-order valence-electron chi connectivity index (χ3n) is 6.19. The van der Waals surface area contributed by atoms with E-state index < -0.39 is 0 Å². The number of hydrogen-bond acceptors (Lipinski definition) is 6. The van der Waals surface area contributed by atoms with Crippen LogP contribution in [0.2, 0.25) is 0 Å². The van der Waals surface area contributed by atoms with Crippen molar-refractivity contribution in [1.82, 2.24) is 14.8 Å². The molecular formula is C23H29N5O2. The van der Waals surface area contributed by atoms with E-state index in [2.05, 4.69) is 47.1 Å². The zero-order valence-corrected chi connectivity index (χ0v) is 17.8. The second-order valence-electron chi connectivity index (χ2n) is 8.33. The SMILES string of the molecule is Cc1nc(C#N)c(N2CCN(C(=O)CN(Cc3ccccc3)C(C)C3CC3)CC2)o1. The molecule has 2 heterocycles. The molecule has 2 aliphatic rings. The van der Waals surface area contributed by atoms with Crippen LogP contribution in [0.5, 0.6) is 0 Å². The number of amides is 1. The molecule has 1 aliphatic heterocycles. The molecule has 1 atom stereocenters. The number of nitriles is 1. The number of nitrogens with zero attached hydrogens (tertiary/aromatic N) is 5. The molecule has 7 heteroatoms. The molecule has 0 N–H and O–H groups in total. The van der Waals surface area contributed by atoms with Gasteiger partial charge < -0.3 is 14.2 Å². The zero-order valence-electron chi connectivity index (χ0n) is 17.8. The molecule has 1 aromatic heterocycles. The lowest BCUT2D eigenvalue weighted by molar-refractivity contribution is -0.133. The molecular weight excluding hydrogens is 378 g/mol. The Morgan fingerprint density at radius 3 is 2.60 bits per heavy atom. The van der Waals surface area contributed by atoms with Gasteiger partial charge in [-0.15, -0.1) is 0 Å². The number of aryl methyl sites for hydroxylation is 1. The Kier molecular flexibility index (Phi) is 6.05. The summed E-state index contributed by atoms with van der Waals surface area (Å²) in [6, 6.07) is 12.9. The second kappa shape index (κ2) is 8.88. The van der Waals surface area contributed by atoms with Crippen LogP contribution in [0.15, 0.2) is 34.7 Å². The Hall–Kier alpha value is -2.85. The standard InChI is InChI=1S/C23H29N5O2/c1-17(20-8-9-20)28(15-19-6-4-3-5-7-19)16-22(29)26-10-12-27(13-11-26)23-21(14-24)25-18(2)30-23/h3-7,17,20H,8-13,15-16H2,1-2H3. The van der Waals surface area contributed by atoms with E-state index in [4.69, 9.17) is 4.42 Å². The fourth-order valence-electron chi connectivity index (χ4n) is 4.17. The first-order valence-electron chi connectivity index (χ1n) is 10.7. The monoisotopic (exact) mass is 407 g/mol. The van der Waals surface area contributed by atoms with Gasteiger partial charge in [0.2, 0.25) is 17.5 Å². The van der Waals surface area contributed by atoms with Crippen molar-refractivity contribution in [1.29, 1.82) is 5.26 Å². The zero-order chi connectivity index (χ0) is 21.1. The molecule has 1 aliphatic carbocycles. The van der Waals surface area contributed by atoms with Crippen molar-refractivity contribution in [2.24, 2.45) is 5.92 Å². The summed E-state index contributed by atoms with van der Waals surface area (Å²) >= 11 is 0. The molecule has 1 unspecified atom stereocenters. The van der Waals surface area contributed by atoms with Crippen molar-refractivity contribution < 1.29 is 9.21 Å². The Labute approximate surface area is 177 Å². The van der Waals surface area contributed by atoms with Gasteiger partial charge >= 0.3 is 0 Å². The first-order valence-corrected chi connectivity index (χ1v) is 10.7. The molecule has 2 aromatic rings. The van der Waals surface area contributed by atoms with Gasteiger partial charge in [-0.1, -0.05) is 30.3 Å². The van der Waals surface area contributed by atoms with Gasteiger partial charge in [-0.05, 0) is 31.2 Å². The highest BCUT2D eigenvalue weighted by atomic mass is 16.4. The van der Waals surface area contributed by atoms with Crippen molar-refractivity contribution in [3.63, 3.8) is 0 Å². The molecule has 0 spiro atoms. The van der Waals surface area contributed by atoms with E-state index in [1.54, 1.807) is 6.92 Å². The van der Waals surface area contributed by atoms with Gasteiger partial charge in [0.25, 0.3) is 0 Å². The Morgan fingerprint density at radius 1 is 1.27 bits per heavy atom. The number of piperazine rings is 1. The summed E-state index contributed by atoms with van der Waals surface area (Å²) in [4.78, 5) is 23.5. The van der Waals surface area contributed by atoms with E-state index in [1.165, 1.54) is 18.4 Å². The summed E-state index contributed by atoms with van der Waals surface area (Å²) in [7, 11) is 0. The quantitative estimate of drug-likeness (QED) is 0.702. The number of carbonyl (C=O) groups is 1. The number of aromatic nitrogens is 1. The number of carbonyl (C=O) groups excluding carboxylic acids is 1. The normalized spacial score (nSPS) is 17.8. The summed E-state index contributed by atoms with van der Waals surface area (Å²) < 4.78 is 5.62. The second-order valence-corrected chi connectivity index (χ2v) is 8.33. The first kappa shape index (κ1) is 20.4. The van der Waals surface area contributed by atoms with Crippen molar-refractivity contribution in [3.8, 4) is 6.07 Å². The lowest BCUT2D eigenvalue weighted by Crippen LogP contribution is -2.52. The van der Waals surface area contributed by atoms with Crippen molar-refractivity contribution in [2.45, 2.75) is 39.3 Å². The average Bonchev–Trinajstić information content (AvgIpc) is 3.55. The summed E-state index contributed by atoms with van der Waals surface area (Å²) in [5.74, 6) is 1.89. The lowest BCUT2D eigenvalue weighted by atomic mass is 10.1. The predicted molar refractivity (Wildman–Crippen MR) is 114 cm³/mol. The van der Waals surface area contributed by atoms with Crippen LogP contribution in [-0.2, 0) is 11.3 Å². The topological polar surface area (TPSA) is 76.6 Å². The lowest BCUT2D eigenvalue weighted by Gasteiger charge is -2.36. The highest BCUT2D eigenvalue weighted by Gasteiger charge is 2.34. The Morgan fingerprint density at radius 2 is 1.97 bits per heavy atom. The minimum Gasteiger partial charge on any atom is -0.424 e. The van der Waals surface area contributed by atoms with Crippen LogP contribution in [0.3, 0.4) is 0 Å². The van der Waals surface area contributed by atoms with Crippen LogP contribution in [-0.4, -0.2) is 59.5 Å². The van der Waals surface area contributed by atoms with Gasteiger partial charge in [0.1, 0.15) is 6.07 Å². The van der Waals surface area contributed by atoms with E-state index in [9.17, 15) is 10.1 Å². The summed E-state index contributed by atoms with van der Waals surface area (Å²) in [5, 5.41) is 9.26. The Balaban J connectivity index is 1.37. The van der Waals surface area contributed by atoms with Gasteiger partial charge in [0.05, 0.1) is 6.54 Å². The fraction of sp³-hybridized carbons (Fsp3) is 0.522. The van der Waals surface area contributed by atoms with Gasteiger partial charge in [-0.3, -0.25) is 9.69 Å². The highest BCUT2D eigenvalue weighted by molar-refractivity contribution is 5.78. The fourth-order valence-corrected chi connectivity index (χ4v) is 4.17. The van der Waals surface area contributed by atoms with E-state index in [0.717, 1.165) is 6.54 Å². The molecule has 1 aromatic carbocycles.